The normalized spacial score (nSPS) is 16.4. The number of fused-ring (bicyclic) bond motifs is 1. The van der Waals surface area contributed by atoms with Crippen molar-refractivity contribution in [2.45, 2.75) is 64.5 Å². The van der Waals surface area contributed by atoms with Crippen LogP contribution in [0.3, 0.4) is 0 Å². The van der Waals surface area contributed by atoms with E-state index in [9.17, 15) is 9.59 Å². The second kappa shape index (κ2) is 8.43. The summed E-state index contributed by atoms with van der Waals surface area (Å²) in [6.07, 6.45) is 7.74. The molecule has 1 aliphatic carbocycles. The van der Waals surface area contributed by atoms with Gasteiger partial charge in [0.05, 0.1) is 11.0 Å². The number of nitrogens with one attached hydrogen (secondary N) is 1. The fourth-order valence-electron chi connectivity index (χ4n) is 4.30. The summed E-state index contributed by atoms with van der Waals surface area (Å²) in [5.74, 6) is 0.704. The van der Waals surface area contributed by atoms with Gasteiger partial charge in [-0.2, -0.15) is 0 Å². The summed E-state index contributed by atoms with van der Waals surface area (Å²) < 4.78 is 2.51. The summed E-state index contributed by atoms with van der Waals surface area (Å²) in [5, 5.41) is 12.9. The maximum atomic E-state index is 12.7. The standard InChI is InChI=1S/C20H32N6O2/c1-5-12-21-20(10-8-7-9-11-20)26(13-6-2)16-14-15-17(23-22-16)24(3)19(28)25(4)18(15)27/h14,21H,5-13H2,1-4H3. The van der Waals surface area contributed by atoms with Crippen LogP contribution in [0.1, 0.15) is 58.8 Å². The van der Waals surface area contributed by atoms with Gasteiger partial charge in [0, 0.05) is 20.6 Å². The predicted octanol–water partition coefficient (Wildman–Crippen LogP) is 1.90. The van der Waals surface area contributed by atoms with Crippen molar-refractivity contribution in [1.82, 2.24) is 24.6 Å². The Morgan fingerprint density at radius 3 is 2.43 bits per heavy atom. The van der Waals surface area contributed by atoms with Gasteiger partial charge < -0.3 is 4.90 Å². The van der Waals surface area contributed by atoms with Crippen molar-refractivity contribution in [1.29, 1.82) is 0 Å². The van der Waals surface area contributed by atoms with Gasteiger partial charge >= 0.3 is 5.69 Å². The zero-order valence-electron chi connectivity index (χ0n) is 17.5. The van der Waals surface area contributed by atoms with Crippen molar-refractivity contribution in [3.05, 3.63) is 26.9 Å². The molecular weight excluding hydrogens is 356 g/mol. The largest absolute Gasteiger partial charge is 0.337 e. The molecule has 1 aliphatic rings. The quantitative estimate of drug-likeness (QED) is 0.729. The van der Waals surface area contributed by atoms with Crippen molar-refractivity contribution < 1.29 is 0 Å². The van der Waals surface area contributed by atoms with E-state index in [0.717, 1.165) is 43.3 Å². The third-order valence-electron chi connectivity index (χ3n) is 5.81. The lowest BCUT2D eigenvalue weighted by Gasteiger charge is -2.48. The summed E-state index contributed by atoms with van der Waals surface area (Å²) in [6, 6.07) is 1.81. The Kier molecular flexibility index (Phi) is 6.17. The summed E-state index contributed by atoms with van der Waals surface area (Å²) in [5.41, 5.74) is -0.547. The molecule has 3 rings (SSSR count). The maximum Gasteiger partial charge on any atom is 0.332 e. The van der Waals surface area contributed by atoms with Crippen LogP contribution in [-0.4, -0.2) is 38.1 Å². The van der Waals surface area contributed by atoms with Crippen LogP contribution in [-0.2, 0) is 14.1 Å². The van der Waals surface area contributed by atoms with E-state index in [1.165, 1.54) is 30.9 Å². The van der Waals surface area contributed by atoms with E-state index in [1.54, 1.807) is 7.05 Å². The first kappa shape index (κ1) is 20.5. The van der Waals surface area contributed by atoms with E-state index >= 15 is 0 Å². The van der Waals surface area contributed by atoms with Crippen LogP contribution >= 0.6 is 0 Å². The van der Waals surface area contributed by atoms with Crippen LogP contribution < -0.4 is 21.5 Å². The second-order valence-corrected chi connectivity index (χ2v) is 7.82. The van der Waals surface area contributed by atoms with Gasteiger partial charge in [-0.3, -0.25) is 19.2 Å². The number of hydrogen-bond acceptors (Lipinski definition) is 6. The molecule has 1 fully saturated rings. The number of anilines is 1. The minimum absolute atomic E-state index is 0.154. The lowest BCUT2D eigenvalue weighted by Crippen LogP contribution is -2.61. The van der Waals surface area contributed by atoms with E-state index in [2.05, 4.69) is 34.3 Å². The van der Waals surface area contributed by atoms with Crippen LogP contribution in [0.25, 0.3) is 11.0 Å². The van der Waals surface area contributed by atoms with Gasteiger partial charge in [0.2, 0.25) is 0 Å². The molecule has 2 heterocycles. The van der Waals surface area contributed by atoms with Crippen LogP contribution in [0.5, 0.6) is 0 Å². The van der Waals surface area contributed by atoms with Gasteiger partial charge in [-0.25, -0.2) is 4.79 Å². The minimum atomic E-state index is -0.390. The third-order valence-corrected chi connectivity index (χ3v) is 5.81. The molecule has 0 amide bonds. The molecule has 0 aliphatic heterocycles. The lowest BCUT2D eigenvalue weighted by atomic mass is 9.87. The number of rotatable bonds is 7. The average molecular weight is 389 g/mol. The first-order valence-electron chi connectivity index (χ1n) is 10.4. The van der Waals surface area contributed by atoms with Gasteiger partial charge in [0.1, 0.15) is 0 Å². The van der Waals surface area contributed by atoms with Crippen LogP contribution in [0, 0.1) is 0 Å². The van der Waals surface area contributed by atoms with Crippen LogP contribution in [0.2, 0.25) is 0 Å². The van der Waals surface area contributed by atoms with E-state index < -0.39 is 5.69 Å². The van der Waals surface area contributed by atoms with Crippen LogP contribution in [0.15, 0.2) is 15.7 Å². The average Bonchev–Trinajstić information content (AvgIpc) is 2.73. The van der Waals surface area contributed by atoms with Crippen molar-refractivity contribution in [2.75, 3.05) is 18.0 Å². The number of aryl methyl sites for hydroxylation is 1. The monoisotopic (exact) mass is 388 g/mol. The Bertz CT molecular complexity index is 942. The van der Waals surface area contributed by atoms with E-state index in [1.807, 2.05) is 6.07 Å². The molecule has 8 nitrogen and oxygen atoms in total. The molecule has 0 bridgehead atoms. The molecule has 8 heteroatoms. The highest BCUT2D eigenvalue weighted by Gasteiger charge is 2.38. The van der Waals surface area contributed by atoms with Gasteiger partial charge in [0.25, 0.3) is 5.56 Å². The summed E-state index contributed by atoms with van der Waals surface area (Å²) in [7, 11) is 3.12. The Morgan fingerprint density at radius 2 is 1.79 bits per heavy atom. The van der Waals surface area contributed by atoms with Crippen molar-refractivity contribution in [3.8, 4) is 0 Å². The first-order valence-corrected chi connectivity index (χ1v) is 10.4. The molecule has 0 saturated heterocycles. The molecule has 2 aromatic rings. The zero-order valence-corrected chi connectivity index (χ0v) is 17.5. The van der Waals surface area contributed by atoms with E-state index in [4.69, 9.17) is 0 Å². The Balaban J connectivity index is 2.14. The van der Waals surface area contributed by atoms with Crippen LogP contribution in [0.4, 0.5) is 5.82 Å². The van der Waals surface area contributed by atoms with Gasteiger partial charge in [-0.1, -0.05) is 20.3 Å². The minimum Gasteiger partial charge on any atom is -0.337 e. The summed E-state index contributed by atoms with van der Waals surface area (Å²) >= 11 is 0. The topological polar surface area (TPSA) is 85.0 Å². The molecule has 1 N–H and O–H groups in total. The fraction of sp³-hybridized carbons (Fsp3) is 0.700. The molecular formula is C20H32N6O2. The van der Waals surface area contributed by atoms with Crippen molar-refractivity contribution >= 4 is 16.9 Å². The zero-order chi connectivity index (χ0) is 20.3. The van der Waals surface area contributed by atoms with Gasteiger partial charge in [0.15, 0.2) is 11.5 Å². The van der Waals surface area contributed by atoms with Gasteiger partial charge in [-0.05, 0) is 51.1 Å². The predicted molar refractivity (Wildman–Crippen MR) is 112 cm³/mol. The highest BCUT2D eigenvalue weighted by atomic mass is 16.2. The molecule has 0 unspecified atom stereocenters. The molecule has 0 spiro atoms. The molecule has 0 atom stereocenters. The van der Waals surface area contributed by atoms with Gasteiger partial charge in [-0.15, -0.1) is 10.2 Å². The molecule has 0 radical (unpaired) electrons. The summed E-state index contributed by atoms with van der Waals surface area (Å²) in [6.45, 7) is 6.11. The first-order chi connectivity index (χ1) is 13.4. The molecule has 154 valence electrons. The smallest absolute Gasteiger partial charge is 0.332 e. The molecule has 2 aromatic heterocycles. The number of aromatic nitrogens is 4. The second-order valence-electron chi connectivity index (χ2n) is 7.82. The fourth-order valence-corrected chi connectivity index (χ4v) is 4.30. The summed E-state index contributed by atoms with van der Waals surface area (Å²) in [4.78, 5) is 27.2. The van der Waals surface area contributed by atoms with Crippen molar-refractivity contribution in [3.63, 3.8) is 0 Å². The Labute approximate surface area is 165 Å². The van der Waals surface area contributed by atoms with E-state index in [-0.39, 0.29) is 11.2 Å². The third kappa shape index (κ3) is 3.57. The maximum absolute atomic E-state index is 12.7. The number of nitrogens with zero attached hydrogens (tertiary/aromatic N) is 5. The highest BCUT2D eigenvalue weighted by molar-refractivity contribution is 5.76. The van der Waals surface area contributed by atoms with E-state index in [0.29, 0.717) is 16.9 Å². The lowest BCUT2D eigenvalue weighted by molar-refractivity contribution is 0.218. The molecule has 28 heavy (non-hydrogen) atoms. The Hall–Kier alpha value is -2.22. The Morgan fingerprint density at radius 1 is 1.07 bits per heavy atom. The van der Waals surface area contributed by atoms with Crippen molar-refractivity contribution in [2.24, 2.45) is 14.1 Å². The molecule has 0 aromatic carbocycles. The highest BCUT2D eigenvalue weighted by Crippen LogP contribution is 2.34. The molecule has 1 saturated carbocycles. The number of hydrogen-bond donors (Lipinski definition) is 1. The SMILES string of the molecule is CCCNC1(N(CCC)c2cc3c(=O)n(C)c(=O)n(C)c3nn2)CCCCC1.